The number of aliphatic imine (C=N–C) groups is 1. The Morgan fingerprint density at radius 3 is 2.28 bits per heavy atom. The van der Waals surface area contributed by atoms with Gasteiger partial charge < -0.3 is 16.0 Å². The first-order valence-electron chi connectivity index (χ1n) is 13.9. The highest BCUT2D eigenvalue weighted by atomic mass is 19.1. The van der Waals surface area contributed by atoms with Crippen LogP contribution in [-0.2, 0) is 4.79 Å². The van der Waals surface area contributed by atoms with E-state index in [2.05, 4.69) is 33.0 Å². The third kappa shape index (κ3) is 6.37. The lowest BCUT2D eigenvalue weighted by atomic mass is 9.75. The number of nitrogens with one attached hydrogen (secondary N) is 2. The molecule has 0 bridgehead atoms. The molecular formula is C31H40FN5O2. The second kappa shape index (κ2) is 11.7. The average Bonchev–Trinajstić information content (AvgIpc) is 3.13. The van der Waals surface area contributed by atoms with E-state index in [4.69, 9.17) is 16.1 Å². The molecule has 2 aromatic rings. The molecule has 1 heterocycles. The standard InChI is InChI=1S/C31H40FN5O2/c1-19(2)5-14-26(22-6-8-24(9-7-22)29(38)35-18-27(33)34)37-30(39)28(23-10-12-25(32)13-11-23)36-31(37)16-20(3)15-21(4)17-31/h6-13,19-21,26H,5,14-18H2,1-4H3,(H3,33,34)(H,35,38). The number of amidine groups is 1. The van der Waals surface area contributed by atoms with Gasteiger partial charge in [0.05, 0.1) is 12.6 Å². The van der Waals surface area contributed by atoms with Gasteiger partial charge in [-0.15, -0.1) is 0 Å². The van der Waals surface area contributed by atoms with Gasteiger partial charge in [-0.2, -0.15) is 0 Å². The van der Waals surface area contributed by atoms with Crippen LogP contribution in [0.3, 0.4) is 0 Å². The van der Waals surface area contributed by atoms with Gasteiger partial charge in [0.15, 0.2) is 0 Å². The first kappa shape index (κ1) is 28.5. The molecule has 0 aromatic heterocycles. The molecule has 1 saturated carbocycles. The fourth-order valence-electron chi connectivity index (χ4n) is 6.25. The van der Waals surface area contributed by atoms with Gasteiger partial charge in [0.2, 0.25) is 0 Å². The number of amides is 2. The van der Waals surface area contributed by atoms with Crippen molar-refractivity contribution in [2.75, 3.05) is 6.54 Å². The normalized spacial score (nSPS) is 23.7. The molecule has 2 aliphatic rings. The second-order valence-corrected chi connectivity index (χ2v) is 11.8. The zero-order valence-corrected chi connectivity index (χ0v) is 23.3. The molecule has 1 aliphatic heterocycles. The fourth-order valence-corrected chi connectivity index (χ4v) is 6.25. The molecule has 8 heteroatoms. The number of nitrogens with two attached hydrogens (primary N) is 1. The van der Waals surface area contributed by atoms with E-state index >= 15 is 0 Å². The minimum Gasteiger partial charge on any atom is -0.386 e. The highest BCUT2D eigenvalue weighted by Gasteiger charge is 2.53. The van der Waals surface area contributed by atoms with Crippen molar-refractivity contribution in [3.8, 4) is 0 Å². The van der Waals surface area contributed by atoms with Crippen molar-refractivity contribution in [1.82, 2.24) is 10.2 Å². The topological polar surface area (TPSA) is 112 Å². The molecule has 4 N–H and O–H groups in total. The molecule has 1 spiro atoms. The van der Waals surface area contributed by atoms with Gasteiger partial charge in [0.1, 0.15) is 23.0 Å². The van der Waals surface area contributed by atoms with Gasteiger partial charge in [0.25, 0.3) is 11.8 Å². The third-order valence-corrected chi connectivity index (χ3v) is 7.79. The predicted molar refractivity (Wildman–Crippen MR) is 152 cm³/mol. The number of halogens is 1. The largest absolute Gasteiger partial charge is 0.386 e. The van der Waals surface area contributed by atoms with E-state index in [9.17, 15) is 14.0 Å². The van der Waals surface area contributed by atoms with E-state index < -0.39 is 5.66 Å². The van der Waals surface area contributed by atoms with Gasteiger partial charge in [-0.3, -0.25) is 20.0 Å². The Morgan fingerprint density at radius 1 is 1.10 bits per heavy atom. The zero-order chi connectivity index (χ0) is 28.3. The van der Waals surface area contributed by atoms with Crippen LogP contribution in [-0.4, -0.2) is 40.5 Å². The van der Waals surface area contributed by atoms with Crippen LogP contribution in [0.5, 0.6) is 0 Å². The Bertz CT molecular complexity index is 1230. The van der Waals surface area contributed by atoms with Crippen LogP contribution in [0.4, 0.5) is 4.39 Å². The van der Waals surface area contributed by atoms with E-state index in [0.29, 0.717) is 34.6 Å². The Labute approximate surface area is 230 Å². The van der Waals surface area contributed by atoms with Crippen LogP contribution in [0.2, 0.25) is 0 Å². The quantitative estimate of drug-likeness (QED) is 0.294. The Kier molecular flexibility index (Phi) is 8.52. The molecule has 208 valence electrons. The SMILES string of the molecule is CC(C)CCC(c1ccc(C(=O)NCC(=N)N)cc1)N1C(=O)C(c2ccc(F)cc2)=NC12CC(C)CC(C)C2. The molecule has 3 atom stereocenters. The predicted octanol–water partition coefficient (Wildman–Crippen LogP) is 5.45. The van der Waals surface area contributed by atoms with Gasteiger partial charge in [-0.25, -0.2) is 4.39 Å². The number of rotatable bonds is 9. The van der Waals surface area contributed by atoms with Gasteiger partial charge >= 0.3 is 0 Å². The highest BCUT2D eigenvalue weighted by Crippen LogP contribution is 2.48. The van der Waals surface area contributed by atoms with Gasteiger partial charge in [0, 0.05) is 11.1 Å². The van der Waals surface area contributed by atoms with Crippen LogP contribution in [0.15, 0.2) is 53.5 Å². The number of carbonyl (C=O) groups is 2. The molecule has 1 aliphatic carbocycles. The van der Waals surface area contributed by atoms with E-state index in [-0.39, 0.29) is 36.1 Å². The van der Waals surface area contributed by atoms with Gasteiger partial charge in [-0.1, -0.05) is 39.8 Å². The summed E-state index contributed by atoms with van der Waals surface area (Å²) in [5.74, 6) is 0.357. The lowest BCUT2D eigenvalue weighted by molar-refractivity contribution is -0.134. The maximum absolute atomic E-state index is 14.3. The summed E-state index contributed by atoms with van der Waals surface area (Å²) in [4.78, 5) is 34.0. The van der Waals surface area contributed by atoms with E-state index in [0.717, 1.165) is 37.7 Å². The summed E-state index contributed by atoms with van der Waals surface area (Å²) in [6.45, 7) is 8.78. The number of carbonyl (C=O) groups excluding carboxylic acids is 2. The van der Waals surface area contributed by atoms with E-state index in [1.165, 1.54) is 12.1 Å². The first-order valence-corrected chi connectivity index (χ1v) is 13.9. The van der Waals surface area contributed by atoms with Crippen molar-refractivity contribution in [3.05, 3.63) is 71.0 Å². The monoisotopic (exact) mass is 533 g/mol. The van der Waals surface area contributed by atoms with Crippen molar-refractivity contribution < 1.29 is 14.0 Å². The lowest BCUT2D eigenvalue weighted by Gasteiger charge is -2.47. The molecular weight excluding hydrogens is 493 g/mol. The smallest absolute Gasteiger partial charge is 0.275 e. The first-order chi connectivity index (χ1) is 18.5. The Morgan fingerprint density at radius 2 is 1.72 bits per heavy atom. The zero-order valence-electron chi connectivity index (χ0n) is 23.3. The van der Waals surface area contributed by atoms with E-state index in [1.54, 1.807) is 24.3 Å². The van der Waals surface area contributed by atoms with E-state index in [1.807, 2.05) is 17.0 Å². The van der Waals surface area contributed by atoms with Crippen molar-refractivity contribution in [3.63, 3.8) is 0 Å². The molecule has 39 heavy (non-hydrogen) atoms. The molecule has 4 rings (SSSR count). The minimum atomic E-state index is -0.670. The Balaban J connectivity index is 1.75. The molecule has 0 radical (unpaired) electrons. The van der Waals surface area contributed by atoms with Gasteiger partial charge in [-0.05, 0) is 91.8 Å². The summed E-state index contributed by atoms with van der Waals surface area (Å²) in [7, 11) is 0. The average molecular weight is 534 g/mol. The maximum atomic E-state index is 14.3. The van der Waals surface area contributed by atoms with Crippen molar-refractivity contribution in [2.45, 2.75) is 71.5 Å². The van der Waals surface area contributed by atoms with Crippen molar-refractivity contribution in [1.29, 1.82) is 5.41 Å². The Hall–Kier alpha value is -3.55. The van der Waals surface area contributed by atoms with Crippen LogP contribution < -0.4 is 11.1 Å². The third-order valence-electron chi connectivity index (χ3n) is 7.79. The summed E-state index contributed by atoms with van der Waals surface area (Å²) in [5, 5.41) is 9.98. The summed E-state index contributed by atoms with van der Waals surface area (Å²) in [6, 6.07) is 13.1. The van der Waals surface area contributed by atoms with Crippen LogP contribution >= 0.6 is 0 Å². The van der Waals surface area contributed by atoms with Crippen LogP contribution in [0.1, 0.15) is 87.3 Å². The summed E-state index contributed by atoms with van der Waals surface area (Å²) in [5.41, 5.74) is 7.15. The molecule has 0 saturated heterocycles. The minimum absolute atomic E-state index is 0.0116. The number of hydrogen-bond donors (Lipinski definition) is 3. The second-order valence-electron chi connectivity index (χ2n) is 11.8. The fraction of sp³-hybridized carbons (Fsp3) is 0.484. The van der Waals surface area contributed by atoms with Crippen molar-refractivity contribution >= 4 is 23.4 Å². The molecule has 7 nitrogen and oxygen atoms in total. The summed E-state index contributed by atoms with van der Waals surface area (Å²) < 4.78 is 13.7. The maximum Gasteiger partial charge on any atom is 0.275 e. The van der Waals surface area contributed by atoms with Crippen LogP contribution in [0.25, 0.3) is 0 Å². The lowest BCUT2D eigenvalue weighted by Crippen LogP contribution is -2.52. The number of benzene rings is 2. The molecule has 3 unspecified atom stereocenters. The molecule has 2 aromatic carbocycles. The number of nitrogens with zero attached hydrogens (tertiary/aromatic N) is 2. The summed E-state index contributed by atoms with van der Waals surface area (Å²) >= 11 is 0. The number of hydrogen-bond acceptors (Lipinski definition) is 4. The highest BCUT2D eigenvalue weighted by molar-refractivity contribution is 6.46. The molecule has 2 amide bonds. The molecule has 1 fully saturated rings. The van der Waals surface area contributed by atoms with Crippen molar-refractivity contribution in [2.24, 2.45) is 28.5 Å². The summed E-state index contributed by atoms with van der Waals surface area (Å²) in [6.07, 6.45) is 4.32. The van der Waals surface area contributed by atoms with Crippen LogP contribution in [0, 0.1) is 29.0 Å².